The standard InChI is InChI=1S/C19H35N/c1-8-10-16(6)20-17(7)12-13(3)18(9-2)19-14(4)11-15(19)5/h14-15,17,19-20H,6,8-12H2,1-5,7H3/b18-13+. The van der Waals surface area contributed by atoms with Crippen LogP contribution in [-0.2, 0) is 0 Å². The second-order valence-electron chi connectivity index (χ2n) is 6.98. The van der Waals surface area contributed by atoms with Gasteiger partial charge in [-0.1, -0.05) is 51.8 Å². The average Bonchev–Trinajstić information content (AvgIpc) is 2.35. The van der Waals surface area contributed by atoms with Crippen LogP contribution >= 0.6 is 0 Å². The third-order valence-corrected chi connectivity index (χ3v) is 4.92. The third-order valence-electron chi connectivity index (χ3n) is 4.92. The Balaban J connectivity index is 2.63. The van der Waals surface area contributed by atoms with Gasteiger partial charge in [-0.25, -0.2) is 0 Å². The van der Waals surface area contributed by atoms with Gasteiger partial charge in [0.05, 0.1) is 0 Å². The Labute approximate surface area is 126 Å². The molecular weight excluding hydrogens is 242 g/mol. The first kappa shape index (κ1) is 17.3. The van der Waals surface area contributed by atoms with Gasteiger partial charge in [-0.15, -0.1) is 0 Å². The summed E-state index contributed by atoms with van der Waals surface area (Å²) in [4.78, 5) is 0. The van der Waals surface area contributed by atoms with E-state index in [1.807, 2.05) is 0 Å². The molecule has 1 aliphatic carbocycles. The van der Waals surface area contributed by atoms with Gasteiger partial charge < -0.3 is 5.32 Å². The molecule has 1 aliphatic rings. The molecule has 0 radical (unpaired) electrons. The highest BCUT2D eigenvalue weighted by atomic mass is 14.9. The number of allylic oxidation sites excluding steroid dienone is 2. The molecule has 0 aromatic heterocycles. The van der Waals surface area contributed by atoms with Gasteiger partial charge in [0.25, 0.3) is 0 Å². The molecule has 0 spiro atoms. The first-order chi connectivity index (χ1) is 9.40. The van der Waals surface area contributed by atoms with E-state index < -0.39 is 0 Å². The van der Waals surface area contributed by atoms with E-state index in [0.717, 1.165) is 30.6 Å². The summed E-state index contributed by atoms with van der Waals surface area (Å²) >= 11 is 0. The van der Waals surface area contributed by atoms with E-state index in [1.165, 1.54) is 25.0 Å². The predicted molar refractivity (Wildman–Crippen MR) is 90.7 cm³/mol. The zero-order valence-electron chi connectivity index (χ0n) is 14.6. The number of hydrogen-bond acceptors (Lipinski definition) is 1. The van der Waals surface area contributed by atoms with E-state index in [1.54, 1.807) is 11.1 Å². The van der Waals surface area contributed by atoms with Crippen molar-refractivity contribution in [3.8, 4) is 0 Å². The van der Waals surface area contributed by atoms with Crippen molar-refractivity contribution in [2.75, 3.05) is 0 Å². The van der Waals surface area contributed by atoms with Gasteiger partial charge in [-0.3, -0.25) is 0 Å². The quantitative estimate of drug-likeness (QED) is 0.562. The minimum atomic E-state index is 0.501. The molecule has 0 amide bonds. The molecule has 0 aliphatic heterocycles. The Kier molecular flexibility index (Phi) is 6.85. The second kappa shape index (κ2) is 7.90. The van der Waals surface area contributed by atoms with Crippen LogP contribution in [0.3, 0.4) is 0 Å². The minimum Gasteiger partial charge on any atom is -0.386 e. The van der Waals surface area contributed by atoms with Crippen LogP contribution in [-0.4, -0.2) is 6.04 Å². The molecule has 1 fully saturated rings. The Morgan fingerprint density at radius 2 is 1.85 bits per heavy atom. The maximum atomic E-state index is 4.12. The largest absolute Gasteiger partial charge is 0.386 e. The van der Waals surface area contributed by atoms with Gasteiger partial charge in [0.1, 0.15) is 0 Å². The number of rotatable bonds is 8. The van der Waals surface area contributed by atoms with E-state index >= 15 is 0 Å². The molecule has 0 aromatic rings. The normalized spacial score (nSPS) is 28.4. The van der Waals surface area contributed by atoms with Crippen LogP contribution in [0.5, 0.6) is 0 Å². The smallest absolute Gasteiger partial charge is 0.0266 e. The molecule has 1 rings (SSSR count). The topological polar surface area (TPSA) is 12.0 Å². The molecule has 0 bridgehead atoms. The van der Waals surface area contributed by atoms with E-state index in [0.29, 0.717) is 6.04 Å². The molecule has 1 heteroatoms. The van der Waals surface area contributed by atoms with Gasteiger partial charge in [-0.05, 0) is 57.3 Å². The summed E-state index contributed by atoms with van der Waals surface area (Å²) in [6.07, 6.45) is 6.04. The van der Waals surface area contributed by atoms with E-state index in [4.69, 9.17) is 0 Å². The van der Waals surface area contributed by atoms with Crippen LogP contribution in [0.1, 0.15) is 73.6 Å². The van der Waals surface area contributed by atoms with Crippen LogP contribution in [0.15, 0.2) is 23.4 Å². The highest BCUT2D eigenvalue weighted by molar-refractivity contribution is 5.20. The Hall–Kier alpha value is -0.720. The summed E-state index contributed by atoms with van der Waals surface area (Å²) in [5, 5.41) is 3.56. The summed E-state index contributed by atoms with van der Waals surface area (Å²) in [6.45, 7) is 18.1. The highest BCUT2D eigenvalue weighted by Crippen LogP contribution is 2.46. The fourth-order valence-corrected chi connectivity index (χ4v) is 4.12. The Bertz CT molecular complexity index is 345. The van der Waals surface area contributed by atoms with Crippen molar-refractivity contribution in [3.63, 3.8) is 0 Å². The van der Waals surface area contributed by atoms with E-state index in [-0.39, 0.29) is 0 Å². The van der Waals surface area contributed by atoms with Crippen molar-refractivity contribution in [1.82, 2.24) is 5.32 Å². The summed E-state index contributed by atoms with van der Waals surface area (Å²) in [5.74, 6) is 2.60. The number of hydrogen-bond donors (Lipinski definition) is 1. The van der Waals surface area contributed by atoms with Crippen molar-refractivity contribution in [2.24, 2.45) is 17.8 Å². The van der Waals surface area contributed by atoms with E-state index in [9.17, 15) is 0 Å². The monoisotopic (exact) mass is 277 g/mol. The van der Waals surface area contributed by atoms with Crippen molar-refractivity contribution in [2.45, 2.75) is 79.7 Å². The molecule has 0 heterocycles. The minimum absolute atomic E-state index is 0.501. The van der Waals surface area contributed by atoms with Crippen LogP contribution in [0, 0.1) is 17.8 Å². The lowest BCUT2D eigenvalue weighted by molar-refractivity contribution is 0.132. The second-order valence-corrected chi connectivity index (χ2v) is 6.98. The molecule has 0 saturated heterocycles. The highest BCUT2D eigenvalue weighted by Gasteiger charge is 2.37. The van der Waals surface area contributed by atoms with Gasteiger partial charge in [-0.2, -0.15) is 0 Å². The van der Waals surface area contributed by atoms with Gasteiger partial charge in [0.2, 0.25) is 0 Å². The maximum absolute atomic E-state index is 4.12. The zero-order valence-corrected chi connectivity index (χ0v) is 14.6. The summed E-state index contributed by atoms with van der Waals surface area (Å²) in [6, 6.07) is 0.501. The lowest BCUT2D eigenvalue weighted by atomic mass is 9.62. The Morgan fingerprint density at radius 1 is 1.25 bits per heavy atom. The van der Waals surface area contributed by atoms with Gasteiger partial charge >= 0.3 is 0 Å². The lowest BCUT2D eigenvalue weighted by Gasteiger charge is -2.44. The molecular formula is C19H35N. The summed E-state index contributed by atoms with van der Waals surface area (Å²) in [5.41, 5.74) is 4.53. The van der Waals surface area contributed by atoms with Gasteiger partial charge in [0, 0.05) is 11.7 Å². The third kappa shape index (κ3) is 4.40. The fourth-order valence-electron chi connectivity index (χ4n) is 4.12. The SMILES string of the molecule is C=C(CCC)NC(C)C/C(C)=C(\CC)C1C(C)CC1C. The fraction of sp³-hybridized carbons (Fsp3) is 0.789. The molecule has 116 valence electrons. The van der Waals surface area contributed by atoms with E-state index in [2.05, 4.69) is 53.4 Å². The van der Waals surface area contributed by atoms with Crippen molar-refractivity contribution < 1.29 is 0 Å². The zero-order chi connectivity index (χ0) is 15.3. The van der Waals surface area contributed by atoms with Gasteiger partial charge in [0.15, 0.2) is 0 Å². The number of nitrogens with one attached hydrogen (secondary N) is 1. The van der Waals surface area contributed by atoms with Crippen LogP contribution < -0.4 is 5.32 Å². The first-order valence-corrected chi connectivity index (χ1v) is 8.53. The van der Waals surface area contributed by atoms with Crippen molar-refractivity contribution in [3.05, 3.63) is 23.4 Å². The molecule has 1 N–H and O–H groups in total. The molecule has 1 saturated carbocycles. The van der Waals surface area contributed by atoms with Crippen LogP contribution in [0.2, 0.25) is 0 Å². The van der Waals surface area contributed by atoms with Crippen LogP contribution in [0.25, 0.3) is 0 Å². The average molecular weight is 277 g/mol. The van der Waals surface area contributed by atoms with Crippen LogP contribution in [0.4, 0.5) is 0 Å². The molecule has 1 nitrogen and oxygen atoms in total. The first-order valence-electron chi connectivity index (χ1n) is 8.53. The Morgan fingerprint density at radius 3 is 2.30 bits per heavy atom. The lowest BCUT2D eigenvalue weighted by Crippen LogP contribution is -2.35. The predicted octanol–water partition coefficient (Wildman–Crippen LogP) is 5.69. The summed E-state index contributed by atoms with van der Waals surface area (Å²) < 4.78 is 0. The summed E-state index contributed by atoms with van der Waals surface area (Å²) in [7, 11) is 0. The van der Waals surface area contributed by atoms with Crippen molar-refractivity contribution in [1.29, 1.82) is 0 Å². The maximum Gasteiger partial charge on any atom is 0.0266 e. The molecule has 0 aromatic carbocycles. The molecule has 20 heavy (non-hydrogen) atoms. The molecule has 3 atom stereocenters. The molecule has 3 unspecified atom stereocenters. The van der Waals surface area contributed by atoms with Crippen molar-refractivity contribution >= 4 is 0 Å².